The lowest BCUT2D eigenvalue weighted by Crippen LogP contribution is -2.35. The van der Waals surface area contributed by atoms with Crippen molar-refractivity contribution in [3.63, 3.8) is 0 Å². The van der Waals surface area contributed by atoms with Crippen molar-refractivity contribution in [2.75, 3.05) is 20.7 Å². The number of hydrogen-bond acceptors (Lipinski definition) is 4. The third-order valence-corrected chi connectivity index (χ3v) is 2.48. The predicted octanol–water partition coefficient (Wildman–Crippen LogP) is 0.925. The van der Waals surface area contributed by atoms with Crippen molar-refractivity contribution in [2.24, 2.45) is 0 Å². The van der Waals surface area contributed by atoms with Crippen molar-refractivity contribution in [1.82, 2.24) is 4.90 Å². The van der Waals surface area contributed by atoms with Crippen molar-refractivity contribution in [3.05, 3.63) is 35.9 Å². The van der Waals surface area contributed by atoms with Crippen LogP contribution in [0.25, 0.3) is 0 Å². The van der Waals surface area contributed by atoms with E-state index in [1.54, 1.807) is 30.3 Å². The van der Waals surface area contributed by atoms with E-state index in [2.05, 4.69) is 4.74 Å². The fourth-order valence-corrected chi connectivity index (χ4v) is 1.47. The lowest BCUT2D eigenvalue weighted by Gasteiger charge is -2.18. The summed E-state index contributed by atoms with van der Waals surface area (Å²) >= 11 is 0. The highest BCUT2D eigenvalue weighted by Crippen LogP contribution is 2.16. The highest BCUT2D eigenvalue weighted by atomic mass is 16.5. The van der Waals surface area contributed by atoms with Gasteiger partial charge in [0.25, 0.3) is 0 Å². The molecule has 0 N–H and O–H groups in total. The molecule has 1 atom stereocenters. The van der Waals surface area contributed by atoms with Crippen LogP contribution in [0.2, 0.25) is 0 Å². The Labute approximate surface area is 106 Å². The monoisotopic (exact) mass is 246 g/mol. The minimum Gasteiger partial charge on any atom is -0.468 e. The quantitative estimate of drug-likeness (QED) is 0.741. The number of carbonyl (C=O) groups excluding carboxylic acids is 2. The van der Waals surface area contributed by atoms with Crippen LogP contribution in [0.15, 0.2) is 30.3 Å². The summed E-state index contributed by atoms with van der Waals surface area (Å²) in [5, 5.41) is 9.08. The number of amides is 1. The summed E-state index contributed by atoms with van der Waals surface area (Å²) in [7, 11) is 2.71. The van der Waals surface area contributed by atoms with Gasteiger partial charge in [-0.1, -0.05) is 30.3 Å². The summed E-state index contributed by atoms with van der Waals surface area (Å²) in [6.07, 6.45) is 0. The molecule has 0 fully saturated rings. The van der Waals surface area contributed by atoms with Crippen molar-refractivity contribution in [1.29, 1.82) is 5.26 Å². The highest BCUT2D eigenvalue weighted by Gasteiger charge is 2.24. The molecule has 1 aromatic carbocycles. The van der Waals surface area contributed by atoms with Crippen LogP contribution in [0.1, 0.15) is 11.5 Å². The smallest absolute Gasteiger partial charge is 0.325 e. The Morgan fingerprint density at radius 3 is 2.50 bits per heavy atom. The van der Waals surface area contributed by atoms with Gasteiger partial charge in [-0.3, -0.25) is 9.59 Å². The van der Waals surface area contributed by atoms with E-state index in [1.807, 2.05) is 6.07 Å². The second-order valence-corrected chi connectivity index (χ2v) is 3.74. The number of likely N-dealkylation sites (N-methyl/N-ethyl adjacent to an activating group) is 1. The lowest BCUT2D eigenvalue weighted by molar-refractivity contribution is -0.146. The lowest BCUT2D eigenvalue weighted by atomic mass is 9.99. The van der Waals surface area contributed by atoms with Gasteiger partial charge in [-0.05, 0) is 5.56 Å². The number of nitrogens with zero attached hydrogens (tertiary/aromatic N) is 2. The molecule has 0 bridgehead atoms. The van der Waals surface area contributed by atoms with Gasteiger partial charge in [-0.15, -0.1) is 0 Å². The molecule has 1 rings (SSSR count). The van der Waals surface area contributed by atoms with E-state index in [-0.39, 0.29) is 6.54 Å². The fraction of sp³-hybridized carbons (Fsp3) is 0.308. The van der Waals surface area contributed by atoms with Gasteiger partial charge in [0.1, 0.15) is 12.5 Å². The van der Waals surface area contributed by atoms with Crippen molar-refractivity contribution in [3.8, 4) is 6.07 Å². The molecule has 0 radical (unpaired) electrons. The average molecular weight is 246 g/mol. The maximum atomic E-state index is 12.0. The zero-order valence-corrected chi connectivity index (χ0v) is 10.3. The molecule has 94 valence electrons. The van der Waals surface area contributed by atoms with Crippen LogP contribution in [-0.4, -0.2) is 37.5 Å². The number of benzene rings is 1. The Morgan fingerprint density at radius 1 is 1.39 bits per heavy atom. The van der Waals surface area contributed by atoms with Crippen molar-refractivity contribution >= 4 is 11.9 Å². The summed E-state index contributed by atoms with van der Waals surface area (Å²) in [5.74, 6) is -1.84. The maximum Gasteiger partial charge on any atom is 0.325 e. The number of esters is 1. The molecule has 5 heteroatoms. The second kappa shape index (κ2) is 6.40. The van der Waals surface area contributed by atoms with Crippen LogP contribution in [0.4, 0.5) is 0 Å². The first-order chi connectivity index (χ1) is 8.60. The fourth-order valence-electron chi connectivity index (χ4n) is 1.47. The van der Waals surface area contributed by atoms with E-state index in [1.165, 1.54) is 19.1 Å². The van der Waals surface area contributed by atoms with E-state index in [4.69, 9.17) is 5.26 Å². The van der Waals surface area contributed by atoms with E-state index in [9.17, 15) is 9.59 Å². The molecule has 0 spiro atoms. The van der Waals surface area contributed by atoms with Crippen LogP contribution in [0.3, 0.4) is 0 Å². The first-order valence-corrected chi connectivity index (χ1v) is 5.36. The van der Waals surface area contributed by atoms with Gasteiger partial charge in [0.2, 0.25) is 5.91 Å². The predicted molar refractivity (Wildman–Crippen MR) is 64.4 cm³/mol. The van der Waals surface area contributed by atoms with Gasteiger partial charge in [0.05, 0.1) is 13.2 Å². The average Bonchev–Trinajstić information content (AvgIpc) is 2.40. The van der Waals surface area contributed by atoms with Gasteiger partial charge < -0.3 is 9.64 Å². The molecule has 0 saturated carbocycles. The topological polar surface area (TPSA) is 70.4 Å². The summed E-state index contributed by atoms with van der Waals surface area (Å²) in [4.78, 5) is 24.3. The maximum absolute atomic E-state index is 12.0. The third-order valence-electron chi connectivity index (χ3n) is 2.48. The molecule has 0 saturated heterocycles. The minimum absolute atomic E-state index is 0.166. The summed E-state index contributed by atoms with van der Waals surface area (Å²) in [6, 6.07) is 10.7. The van der Waals surface area contributed by atoms with Crippen LogP contribution in [0.5, 0.6) is 0 Å². The van der Waals surface area contributed by atoms with Crippen molar-refractivity contribution in [2.45, 2.75) is 5.92 Å². The molecule has 0 aliphatic rings. The standard InChI is InChI=1S/C13H14N2O3/c1-15(9-12(16)18-2)13(17)11(8-14)10-6-4-3-5-7-10/h3-7,11H,9H2,1-2H3. The van der Waals surface area contributed by atoms with E-state index < -0.39 is 17.8 Å². The number of rotatable bonds is 4. The number of methoxy groups -OCH3 is 1. The van der Waals surface area contributed by atoms with Gasteiger partial charge in [0, 0.05) is 7.05 Å². The Bertz CT molecular complexity index is 465. The van der Waals surface area contributed by atoms with Gasteiger partial charge in [-0.2, -0.15) is 5.26 Å². The molecule has 0 aromatic heterocycles. The first-order valence-electron chi connectivity index (χ1n) is 5.36. The molecule has 1 unspecified atom stereocenters. The summed E-state index contributed by atoms with van der Waals surface area (Å²) in [5.41, 5.74) is 0.613. The molecular weight excluding hydrogens is 232 g/mol. The Morgan fingerprint density at radius 2 is 2.00 bits per heavy atom. The molecule has 5 nitrogen and oxygen atoms in total. The number of nitriles is 1. The largest absolute Gasteiger partial charge is 0.468 e. The molecule has 18 heavy (non-hydrogen) atoms. The molecule has 0 aliphatic heterocycles. The van der Waals surface area contributed by atoms with Crippen LogP contribution < -0.4 is 0 Å². The van der Waals surface area contributed by atoms with Gasteiger partial charge in [0.15, 0.2) is 0 Å². The summed E-state index contributed by atoms with van der Waals surface area (Å²) in [6.45, 7) is -0.166. The van der Waals surface area contributed by atoms with E-state index >= 15 is 0 Å². The van der Waals surface area contributed by atoms with E-state index in [0.29, 0.717) is 5.56 Å². The van der Waals surface area contributed by atoms with Gasteiger partial charge >= 0.3 is 5.97 Å². The van der Waals surface area contributed by atoms with E-state index in [0.717, 1.165) is 0 Å². The molecule has 0 aliphatic carbocycles. The normalized spacial score (nSPS) is 11.2. The van der Waals surface area contributed by atoms with Crippen LogP contribution >= 0.6 is 0 Å². The molecular formula is C13H14N2O3. The highest BCUT2D eigenvalue weighted by molar-refractivity contribution is 5.89. The SMILES string of the molecule is COC(=O)CN(C)C(=O)C(C#N)c1ccccc1. The zero-order valence-electron chi connectivity index (χ0n) is 10.3. The van der Waals surface area contributed by atoms with Crippen molar-refractivity contribution < 1.29 is 14.3 Å². The van der Waals surface area contributed by atoms with Crippen LogP contribution in [0, 0.1) is 11.3 Å². The first kappa shape index (κ1) is 13.7. The molecule has 0 heterocycles. The second-order valence-electron chi connectivity index (χ2n) is 3.74. The zero-order chi connectivity index (χ0) is 13.5. The number of hydrogen-bond donors (Lipinski definition) is 0. The third kappa shape index (κ3) is 3.32. The number of carbonyl (C=O) groups is 2. The number of ether oxygens (including phenoxy) is 1. The Hall–Kier alpha value is -2.35. The Kier molecular flexibility index (Phi) is 4.88. The molecule has 1 amide bonds. The van der Waals surface area contributed by atoms with Gasteiger partial charge in [-0.25, -0.2) is 0 Å². The Balaban J connectivity index is 2.81. The summed E-state index contributed by atoms with van der Waals surface area (Å²) < 4.78 is 4.47. The van der Waals surface area contributed by atoms with Crippen LogP contribution in [-0.2, 0) is 14.3 Å². The molecule has 1 aromatic rings. The minimum atomic E-state index is -0.902.